The Morgan fingerprint density at radius 3 is 1.38 bits per heavy atom. The molecule has 3 aliphatic rings. The van der Waals surface area contributed by atoms with Crippen LogP contribution < -0.4 is 0 Å². The summed E-state index contributed by atoms with van der Waals surface area (Å²) in [4.78, 5) is 0. The summed E-state index contributed by atoms with van der Waals surface area (Å²) < 4.78 is 0. The van der Waals surface area contributed by atoms with E-state index in [1.165, 1.54) is 86.5 Å². The van der Waals surface area contributed by atoms with Gasteiger partial charge in [-0.1, -0.05) is 74.9 Å². The molecular weight excluding hydrogens is 348 g/mol. The summed E-state index contributed by atoms with van der Waals surface area (Å²) in [6, 6.07) is 14.6. The minimum absolute atomic E-state index is 0. The Hall–Kier alpha value is -0.846. The Morgan fingerprint density at radius 1 is 0.538 bits per heavy atom. The van der Waals surface area contributed by atoms with Gasteiger partial charge in [-0.25, -0.2) is 0 Å². The zero-order valence-electron chi connectivity index (χ0n) is 15.8. The molecule has 133 valence electrons. The van der Waals surface area contributed by atoms with E-state index in [4.69, 9.17) is 0 Å². The third kappa shape index (κ3) is 3.48. The molecule has 0 atom stereocenters. The standard InChI is InChI=1S/C25H29.Ti/c1-3-7-18(8-4-1)20-11-13-22-15-23-14-12-21(17-25(23)24(22)16-20)19-9-5-2-6-10-19;/h11-19H,1-10H2;. The molecule has 0 amide bonds. The van der Waals surface area contributed by atoms with E-state index in [9.17, 15) is 0 Å². The van der Waals surface area contributed by atoms with Crippen molar-refractivity contribution in [2.24, 2.45) is 0 Å². The Bertz CT molecular complexity index is 698. The quantitative estimate of drug-likeness (QED) is 0.409. The molecule has 0 heterocycles. The van der Waals surface area contributed by atoms with Gasteiger partial charge in [0.2, 0.25) is 0 Å². The van der Waals surface area contributed by atoms with Gasteiger partial charge in [-0.05, 0) is 70.9 Å². The molecule has 0 saturated heterocycles. The van der Waals surface area contributed by atoms with E-state index in [2.05, 4.69) is 42.8 Å². The molecule has 0 unspecified atom stereocenters. The fourth-order valence-electron chi connectivity index (χ4n) is 5.41. The Morgan fingerprint density at radius 2 is 0.962 bits per heavy atom. The van der Waals surface area contributed by atoms with Crippen LogP contribution in [0.2, 0.25) is 0 Å². The monoisotopic (exact) mass is 377 g/mol. The zero-order chi connectivity index (χ0) is 16.6. The maximum absolute atomic E-state index is 2.53. The SMILES string of the molecule is [CH]1c2ccc(C3CCCCC3)cc2-c2cc(C3CCCCC3)ccc21.[Ti]. The van der Waals surface area contributed by atoms with Gasteiger partial charge in [0.25, 0.3) is 0 Å². The van der Waals surface area contributed by atoms with Crippen LogP contribution >= 0.6 is 0 Å². The summed E-state index contributed by atoms with van der Waals surface area (Å²) in [5, 5.41) is 0. The van der Waals surface area contributed by atoms with E-state index in [1.54, 1.807) is 11.1 Å². The van der Waals surface area contributed by atoms with Crippen molar-refractivity contribution in [1.82, 2.24) is 0 Å². The van der Waals surface area contributed by atoms with Crippen molar-refractivity contribution in [2.45, 2.75) is 76.0 Å². The first-order valence-electron chi connectivity index (χ1n) is 10.5. The largest absolute Gasteiger partial charge is 0.0584 e. The second-order valence-corrected chi connectivity index (χ2v) is 8.51. The van der Waals surface area contributed by atoms with Crippen LogP contribution in [-0.2, 0) is 21.7 Å². The maximum atomic E-state index is 2.53. The van der Waals surface area contributed by atoms with Crippen LogP contribution in [0.5, 0.6) is 0 Å². The molecule has 0 spiro atoms. The van der Waals surface area contributed by atoms with Gasteiger partial charge in [0, 0.05) is 28.1 Å². The molecule has 2 aromatic carbocycles. The topological polar surface area (TPSA) is 0 Å². The Balaban J connectivity index is 0.00000168. The predicted molar refractivity (Wildman–Crippen MR) is 106 cm³/mol. The van der Waals surface area contributed by atoms with Gasteiger partial charge < -0.3 is 0 Å². The number of benzene rings is 2. The molecular formula is C25H29Ti. The van der Waals surface area contributed by atoms with Gasteiger partial charge in [-0.15, -0.1) is 0 Å². The maximum Gasteiger partial charge on any atom is 0.0211 e. The first-order chi connectivity index (χ1) is 12.4. The van der Waals surface area contributed by atoms with Crippen LogP contribution in [0.1, 0.15) is 98.3 Å². The van der Waals surface area contributed by atoms with Crippen molar-refractivity contribution in [2.75, 3.05) is 0 Å². The van der Waals surface area contributed by atoms with E-state index in [0.29, 0.717) is 0 Å². The first kappa shape index (κ1) is 18.5. The second-order valence-electron chi connectivity index (χ2n) is 8.51. The first-order valence-corrected chi connectivity index (χ1v) is 10.5. The number of rotatable bonds is 2. The molecule has 1 heteroatoms. The van der Waals surface area contributed by atoms with Gasteiger partial charge >= 0.3 is 0 Å². The normalized spacial score (nSPS) is 20.3. The van der Waals surface area contributed by atoms with Crippen LogP contribution in [-0.4, -0.2) is 0 Å². The number of fused-ring (bicyclic) bond motifs is 3. The van der Waals surface area contributed by atoms with E-state index in [1.807, 2.05) is 0 Å². The van der Waals surface area contributed by atoms with Crippen molar-refractivity contribution >= 4 is 0 Å². The fraction of sp³-hybridized carbons (Fsp3) is 0.480. The third-order valence-electron chi connectivity index (χ3n) is 6.91. The summed E-state index contributed by atoms with van der Waals surface area (Å²) >= 11 is 0. The zero-order valence-corrected chi connectivity index (χ0v) is 17.3. The molecule has 0 bridgehead atoms. The molecule has 1 radical (unpaired) electrons. The van der Waals surface area contributed by atoms with E-state index < -0.39 is 0 Å². The molecule has 0 aliphatic heterocycles. The Labute approximate surface area is 173 Å². The van der Waals surface area contributed by atoms with Crippen LogP contribution in [0, 0.1) is 6.42 Å². The van der Waals surface area contributed by atoms with Crippen molar-refractivity contribution in [3.8, 4) is 11.1 Å². The average molecular weight is 377 g/mol. The van der Waals surface area contributed by atoms with Gasteiger partial charge in [-0.2, -0.15) is 0 Å². The molecule has 2 fully saturated rings. The molecule has 2 aromatic rings. The second kappa shape index (κ2) is 8.03. The van der Waals surface area contributed by atoms with Gasteiger partial charge in [0.05, 0.1) is 0 Å². The van der Waals surface area contributed by atoms with Gasteiger partial charge in [0.15, 0.2) is 0 Å². The van der Waals surface area contributed by atoms with Crippen molar-refractivity contribution < 1.29 is 21.7 Å². The minimum Gasteiger partial charge on any atom is -0.0584 e. The van der Waals surface area contributed by atoms with E-state index >= 15 is 0 Å². The molecule has 0 nitrogen and oxygen atoms in total. The average Bonchev–Trinajstić information content (AvgIpc) is 3.06. The van der Waals surface area contributed by atoms with Crippen molar-refractivity contribution in [3.63, 3.8) is 0 Å². The number of hydrogen-bond acceptors (Lipinski definition) is 0. The summed E-state index contributed by atoms with van der Waals surface area (Å²) in [6.07, 6.45) is 16.5. The molecule has 0 N–H and O–H groups in total. The van der Waals surface area contributed by atoms with Crippen LogP contribution in [0.25, 0.3) is 11.1 Å². The molecule has 26 heavy (non-hydrogen) atoms. The summed E-state index contributed by atoms with van der Waals surface area (Å²) in [5.74, 6) is 1.59. The smallest absolute Gasteiger partial charge is 0.0211 e. The minimum atomic E-state index is 0. The molecule has 2 saturated carbocycles. The Kier molecular flexibility index (Phi) is 5.72. The van der Waals surface area contributed by atoms with Crippen LogP contribution in [0.4, 0.5) is 0 Å². The van der Waals surface area contributed by atoms with Crippen LogP contribution in [0.15, 0.2) is 36.4 Å². The molecule has 5 rings (SSSR count). The van der Waals surface area contributed by atoms with Gasteiger partial charge in [0.1, 0.15) is 0 Å². The third-order valence-corrected chi connectivity index (χ3v) is 6.91. The van der Waals surface area contributed by atoms with Crippen molar-refractivity contribution in [3.05, 3.63) is 65.1 Å². The summed E-state index contributed by atoms with van der Waals surface area (Å²) in [5.41, 5.74) is 9.02. The summed E-state index contributed by atoms with van der Waals surface area (Å²) in [7, 11) is 0. The summed E-state index contributed by atoms with van der Waals surface area (Å²) in [6.45, 7) is 0. The molecule has 3 aliphatic carbocycles. The van der Waals surface area contributed by atoms with E-state index in [-0.39, 0.29) is 21.7 Å². The van der Waals surface area contributed by atoms with Crippen LogP contribution in [0.3, 0.4) is 0 Å². The fourth-order valence-corrected chi connectivity index (χ4v) is 5.41. The predicted octanol–water partition coefficient (Wildman–Crippen LogP) is 7.36. The van der Waals surface area contributed by atoms with Crippen molar-refractivity contribution in [1.29, 1.82) is 0 Å². The number of hydrogen-bond donors (Lipinski definition) is 0. The van der Waals surface area contributed by atoms with E-state index in [0.717, 1.165) is 11.8 Å². The van der Waals surface area contributed by atoms with Gasteiger partial charge in [-0.3, -0.25) is 0 Å². The molecule has 0 aromatic heterocycles.